The molecule has 5 nitrogen and oxygen atoms in total. The van der Waals surface area contributed by atoms with Crippen LogP contribution in [0.4, 0.5) is 0 Å². The zero-order chi connectivity index (χ0) is 14.7. The molecule has 0 radical (unpaired) electrons. The summed E-state index contributed by atoms with van der Waals surface area (Å²) in [6, 6.07) is 0. The highest BCUT2D eigenvalue weighted by atomic mass is 16.5. The standard InChI is InChI=1S/C15H25N3O2/c1-11-12(2)16-18(13(11)3)8-6-15(19)17-7-5-14(9-17)10-20-4/h14H,5-10H2,1-4H3. The van der Waals surface area contributed by atoms with Crippen LogP contribution in [0, 0.1) is 26.7 Å². The molecule has 1 aliphatic rings. The van der Waals surface area contributed by atoms with Crippen molar-refractivity contribution < 1.29 is 9.53 Å². The summed E-state index contributed by atoms with van der Waals surface area (Å²) in [7, 11) is 1.72. The predicted molar refractivity (Wildman–Crippen MR) is 77.6 cm³/mol. The Hall–Kier alpha value is -1.36. The smallest absolute Gasteiger partial charge is 0.224 e. The van der Waals surface area contributed by atoms with Crippen LogP contribution in [-0.2, 0) is 16.1 Å². The molecule has 1 saturated heterocycles. The summed E-state index contributed by atoms with van der Waals surface area (Å²) in [5.74, 6) is 0.730. The Morgan fingerprint density at radius 1 is 1.40 bits per heavy atom. The molecule has 0 aromatic carbocycles. The second-order valence-electron chi connectivity index (χ2n) is 5.72. The number of methoxy groups -OCH3 is 1. The largest absolute Gasteiger partial charge is 0.384 e. The van der Waals surface area contributed by atoms with Crippen LogP contribution in [0.1, 0.15) is 29.8 Å². The predicted octanol–water partition coefficient (Wildman–Crippen LogP) is 1.69. The maximum absolute atomic E-state index is 12.2. The number of aromatic nitrogens is 2. The van der Waals surface area contributed by atoms with Crippen LogP contribution in [0.15, 0.2) is 0 Å². The molecule has 5 heteroatoms. The highest BCUT2D eigenvalue weighted by molar-refractivity contribution is 5.76. The molecule has 0 bridgehead atoms. The average Bonchev–Trinajstić information content (AvgIpc) is 2.98. The van der Waals surface area contributed by atoms with E-state index in [4.69, 9.17) is 4.74 Å². The van der Waals surface area contributed by atoms with Gasteiger partial charge in [0.05, 0.1) is 12.3 Å². The summed E-state index contributed by atoms with van der Waals surface area (Å²) in [5.41, 5.74) is 3.43. The Morgan fingerprint density at radius 3 is 2.75 bits per heavy atom. The van der Waals surface area contributed by atoms with Gasteiger partial charge in [0.2, 0.25) is 5.91 Å². The van der Waals surface area contributed by atoms with Gasteiger partial charge in [-0.25, -0.2) is 0 Å². The first-order valence-electron chi connectivity index (χ1n) is 7.30. The second-order valence-corrected chi connectivity index (χ2v) is 5.72. The van der Waals surface area contributed by atoms with Gasteiger partial charge in [0.15, 0.2) is 0 Å². The van der Waals surface area contributed by atoms with Crippen molar-refractivity contribution in [2.75, 3.05) is 26.8 Å². The maximum atomic E-state index is 12.2. The fourth-order valence-corrected chi connectivity index (χ4v) is 2.79. The highest BCUT2D eigenvalue weighted by Crippen LogP contribution is 2.18. The zero-order valence-corrected chi connectivity index (χ0v) is 13.0. The van der Waals surface area contributed by atoms with E-state index in [2.05, 4.69) is 18.9 Å². The van der Waals surface area contributed by atoms with Crippen molar-refractivity contribution in [2.24, 2.45) is 5.92 Å². The molecular formula is C15H25N3O2. The quantitative estimate of drug-likeness (QED) is 0.824. The Kier molecular flexibility index (Phi) is 4.81. The summed E-state index contributed by atoms with van der Waals surface area (Å²) < 4.78 is 7.11. The molecule has 0 spiro atoms. The van der Waals surface area contributed by atoms with Gasteiger partial charge in [0, 0.05) is 44.8 Å². The number of hydrogen-bond donors (Lipinski definition) is 0. The second kappa shape index (κ2) is 6.39. The van der Waals surface area contributed by atoms with Crippen molar-refractivity contribution in [3.05, 3.63) is 17.0 Å². The van der Waals surface area contributed by atoms with Crippen LogP contribution < -0.4 is 0 Å². The molecule has 1 atom stereocenters. The lowest BCUT2D eigenvalue weighted by molar-refractivity contribution is -0.130. The van der Waals surface area contributed by atoms with Gasteiger partial charge in [-0.2, -0.15) is 5.10 Å². The number of likely N-dealkylation sites (tertiary alicyclic amines) is 1. The minimum absolute atomic E-state index is 0.230. The number of hydrogen-bond acceptors (Lipinski definition) is 3. The van der Waals surface area contributed by atoms with E-state index in [9.17, 15) is 4.79 Å². The van der Waals surface area contributed by atoms with Gasteiger partial charge < -0.3 is 9.64 Å². The lowest BCUT2D eigenvalue weighted by atomic mass is 10.1. The molecule has 0 N–H and O–H groups in total. The van der Waals surface area contributed by atoms with Crippen LogP contribution in [0.2, 0.25) is 0 Å². The molecule has 0 saturated carbocycles. The normalized spacial score (nSPS) is 18.8. The van der Waals surface area contributed by atoms with Crippen molar-refractivity contribution in [3.63, 3.8) is 0 Å². The maximum Gasteiger partial charge on any atom is 0.224 e. The van der Waals surface area contributed by atoms with Crippen molar-refractivity contribution in [2.45, 2.75) is 40.2 Å². The summed E-state index contributed by atoms with van der Waals surface area (Å²) in [6.07, 6.45) is 1.58. The number of carbonyl (C=O) groups is 1. The zero-order valence-electron chi connectivity index (χ0n) is 13.0. The van der Waals surface area contributed by atoms with Gasteiger partial charge in [-0.15, -0.1) is 0 Å². The minimum Gasteiger partial charge on any atom is -0.384 e. The fourth-order valence-electron chi connectivity index (χ4n) is 2.79. The lowest BCUT2D eigenvalue weighted by Crippen LogP contribution is -2.30. The van der Waals surface area contributed by atoms with Gasteiger partial charge in [0.25, 0.3) is 0 Å². The first-order valence-corrected chi connectivity index (χ1v) is 7.30. The summed E-state index contributed by atoms with van der Waals surface area (Å²) in [5, 5.41) is 4.48. The number of amides is 1. The Balaban J connectivity index is 1.85. The van der Waals surface area contributed by atoms with Gasteiger partial charge in [-0.3, -0.25) is 9.48 Å². The van der Waals surface area contributed by atoms with Crippen LogP contribution in [0.5, 0.6) is 0 Å². The van der Waals surface area contributed by atoms with E-state index in [1.54, 1.807) is 7.11 Å². The molecule has 1 amide bonds. The fraction of sp³-hybridized carbons (Fsp3) is 0.733. The average molecular weight is 279 g/mol. The van der Waals surface area contributed by atoms with Crippen molar-refractivity contribution >= 4 is 5.91 Å². The molecule has 2 rings (SSSR count). The van der Waals surface area contributed by atoms with E-state index in [-0.39, 0.29) is 5.91 Å². The van der Waals surface area contributed by atoms with Crippen LogP contribution >= 0.6 is 0 Å². The van der Waals surface area contributed by atoms with E-state index < -0.39 is 0 Å². The van der Waals surface area contributed by atoms with Crippen molar-refractivity contribution in [1.82, 2.24) is 14.7 Å². The number of ether oxygens (including phenoxy) is 1. The molecular weight excluding hydrogens is 254 g/mol. The van der Waals surface area contributed by atoms with Crippen LogP contribution in [0.25, 0.3) is 0 Å². The molecule has 112 valence electrons. The van der Waals surface area contributed by atoms with Gasteiger partial charge >= 0.3 is 0 Å². The number of aryl methyl sites for hydroxylation is 2. The Labute approximate surface area is 120 Å². The van der Waals surface area contributed by atoms with E-state index in [1.165, 1.54) is 5.56 Å². The van der Waals surface area contributed by atoms with Gasteiger partial charge in [-0.1, -0.05) is 0 Å². The topological polar surface area (TPSA) is 47.4 Å². The molecule has 1 aliphatic heterocycles. The number of nitrogens with zero attached hydrogens (tertiary/aromatic N) is 3. The molecule has 2 heterocycles. The van der Waals surface area contributed by atoms with Crippen LogP contribution in [0.3, 0.4) is 0 Å². The van der Waals surface area contributed by atoms with E-state index in [1.807, 2.05) is 16.5 Å². The summed E-state index contributed by atoms with van der Waals surface area (Å²) in [6.45, 7) is 9.27. The molecule has 1 unspecified atom stereocenters. The Morgan fingerprint density at radius 2 is 2.15 bits per heavy atom. The Bertz CT molecular complexity index is 482. The van der Waals surface area contributed by atoms with Gasteiger partial charge in [-0.05, 0) is 32.8 Å². The summed E-state index contributed by atoms with van der Waals surface area (Å²) >= 11 is 0. The molecule has 20 heavy (non-hydrogen) atoms. The SMILES string of the molecule is COCC1CCN(C(=O)CCn2nc(C)c(C)c2C)C1. The van der Waals surface area contributed by atoms with Gasteiger partial charge in [0.1, 0.15) is 0 Å². The molecule has 1 aromatic rings. The highest BCUT2D eigenvalue weighted by Gasteiger charge is 2.25. The number of rotatable bonds is 5. The molecule has 1 fully saturated rings. The van der Waals surface area contributed by atoms with Crippen LogP contribution in [-0.4, -0.2) is 47.4 Å². The third kappa shape index (κ3) is 3.20. The molecule has 1 aromatic heterocycles. The molecule has 0 aliphatic carbocycles. The first kappa shape index (κ1) is 15.0. The minimum atomic E-state index is 0.230. The third-order valence-corrected chi connectivity index (χ3v) is 4.32. The number of carbonyl (C=O) groups excluding carboxylic acids is 1. The van der Waals surface area contributed by atoms with E-state index >= 15 is 0 Å². The van der Waals surface area contributed by atoms with E-state index in [0.717, 1.165) is 37.5 Å². The lowest BCUT2D eigenvalue weighted by Gasteiger charge is -2.16. The monoisotopic (exact) mass is 279 g/mol. The van der Waals surface area contributed by atoms with Crippen molar-refractivity contribution in [1.29, 1.82) is 0 Å². The summed E-state index contributed by atoms with van der Waals surface area (Å²) in [4.78, 5) is 14.2. The first-order chi connectivity index (χ1) is 9.52. The van der Waals surface area contributed by atoms with Crippen molar-refractivity contribution in [3.8, 4) is 0 Å². The van der Waals surface area contributed by atoms with E-state index in [0.29, 0.717) is 18.9 Å². The third-order valence-electron chi connectivity index (χ3n) is 4.32.